The Morgan fingerprint density at radius 1 is 1.04 bits per heavy atom. The highest BCUT2D eigenvalue weighted by atomic mass is 32.1. The van der Waals surface area contributed by atoms with Crippen molar-refractivity contribution in [3.05, 3.63) is 70.7 Å². The molecule has 6 heteroatoms. The largest absolute Gasteiger partial charge is 0.497 e. The predicted octanol–water partition coefficient (Wildman–Crippen LogP) is 4.56. The minimum atomic E-state index is -0.883. The van der Waals surface area contributed by atoms with E-state index in [2.05, 4.69) is 4.98 Å². The molecule has 0 amide bonds. The van der Waals surface area contributed by atoms with Crippen LogP contribution in [0.3, 0.4) is 0 Å². The van der Waals surface area contributed by atoms with E-state index in [0.29, 0.717) is 10.6 Å². The molecule has 3 aromatic rings. The van der Waals surface area contributed by atoms with Gasteiger partial charge in [0.15, 0.2) is 11.8 Å². The molecule has 0 spiro atoms. The van der Waals surface area contributed by atoms with Crippen LogP contribution in [0, 0.1) is 6.92 Å². The summed E-state index contributed by atoms with van der Waals surface area (Å²) in [5, 5.41) is 2.33. The maximum absolute atomic E-state index is 12.4. The van der Waals surface area contributed by atoms with Crippen molar-refractivity contribution in [1.29, 1.82) is 0 Å². The number of hydrogen-bond donors (Lipinski definition) is 0. The lowest BCUT2D eigenvalue weighted by atomic mass is 10.1. The Hall–Kier alpha value is -2.99. The third-order valence-electron chi connectivity index (χ3n) is 4.04. The minimum absolute atomic E-state index is 0.189. The van der Waals surface area contributed by atoms with Crippen LogP contribution in [-0.4, -0.2) is 30.0 Å². The number of benzene rings is 2. The molecule has 1 aromatic heterocycles. The zero-order chi connectivity index (χ0) is 19.4. The van der Waals surface area contributed by atoms with Gasteiger partial charge in [-0.25, -0.2) is 9.78 Å². The summed E-state index contributed by atoms with van der Waals surface area (Å²) < 4.78 is 10.4. The number of methoxy groups -OCH3 is 1. The summed E-state index contributed by atoms with van der Waals surface area (Å²) in [5.41, 5.74) is 2.64. The van der Waals surface area contributed by atoms with Gasteiger partial charge in [-0.2, -0.15) is 0 Å². The Bertz CT molecular complexity index is 945. The number of carbonyl (C=O) groups is 2. The highest BCUT2D eigenvalue weighted by Gasteiger charge is 2.22. The highest BCUT2D eigenvalue weighted by Crippen LogP contribution is 2.26. The Kier molecular flexibility index (Phi) is 5.66. The van der Waals surface area contributed by atoms with Crippen LogP contribution in [0.25, 0.3) is 10.6 Å². The average Bonchev–Trinajstić information content (AvgIpc) is 3.18. The van der Waals surface area contributed by atoms with Crippen LogP contribution >= 0.6 is 11.3 Å². The molecule has 0 fully saturated rings. The molecule has 0 saturated carbocycles. The lowest BCUT2D eigenvalue weighted by Crippen LogP contribution is -2.24. The summed E-state index contributed by atoms with van der Waals surface area (Å²) >= 11 is 1.34. The van der Waals surface area contributed by atoms with Crippen molar-refractivity contribution < 1.29 is 19.1 Å². The van der Waals surface area contributed by atoms with Gasteiger partial charge < -0.3 is 9.47 Å². The second-order valence-electron chi connectivity index (χ2n) is 6.04. The third-order valence-corrected chi connectivity index (χ3v) is 4.93. The Morgan fingerprint density at radius 2 is 1.70 bits per heavy atom. The SMILES string of the molecule is COc1ccc(-c2nc(C(=O)O[C@@H](C)C(=O)c3ccc(C)cc3)cs2)cc1. The number of Topliss-reactive ketones (excluding diaryl/α,β-unsaturated/α-hetero) is 1. The number of hydrogen-bond acceptors (Lipinski definition) is 6. The second kappa shape index (κ2) is 8.14. The topological polar surface area (TPSA) is 65.5 Å². The van der Waals surface area contributed by atoms with Crippen LogP contribution in [-0.2, 0) is 4.74 Å². The number of aromatic nitrogens is 1. The molecule has 2 aromatic carbocycles. The van der Waals surface area contributed by atoms with Crippen molar-refractivity contribution in [2.75, 3.05) is 7.11 Å². The fourth-order valence-electron chi connectivity index (χ4n) is 2.46. The molecule has 5 nitrogen and oxygen atoms in total. The zero-order valence-corrected chi connectivity index (χ0v) is 16.1. The number of thiazole rings is 1. The van der Waals surface area contributed by atoms with E-state index in [0.717, 1.165) is 16.9 Å². The summed E-state index contributed by atoms with van der Waals surface area (Å²) in [6.07, 6.45) is -0.883. The lowest BCUT2D eigenvalue weighted by Gasteiger charge is -2.11. The van der Waals surface area contributed by atoms with Crippen molar-refractivity contribution >= 4 is 23.1 Å². The molecule has 0 aliphatic carbocycles. The molecule has 1 atom stereocenters. The van der Waals surface area contributed by atoms with Crippen LogP contribution in [0.2, 0.25) is 0 Å². The summed E-state index contributed by atoms with van der Waals surface area (Å²) in [5.74, 6) is -0.105. The monoisotopic (exact) mass is 381 g/mol. The smallest absolute Gasteiger partial charge is 0.358 e. The molecule has 0 N–H and O–H groups in total. The standard InChI is InChI=1S/C21H19NO4S/c1-13-4-6-15(7-5-13)19(23)14(2)26-21(24)18-12-27-20(22-18)16-8-10-17(25-3)11-9-16/h4-12,14H,1-3H3/t14-/m0/s1. The second-order valence-corrected chi connectivity index (χ2v) is 6.90. The van der Waals surface area contributed by atoms with Gasteiger partial charge in [0.1, 0.15) is 10.8 Å². The molecule has 0 unspecified atom stereocenters. The van der Waals surface area contributed by atoms with Crippen molar-refractivity contribution in [2.24, 2.45) is 0 Å². The van der Waals surface area contributed by atoms with E-state index < -0.39 is 12.1 Å². The van der Waals surface area contributed by atoms with Gasteiger partial charge in [-0.05, 0) is 38.1 Å². The summed E-state index contributed by atoms with van der Waals surface area (Å²) in [6, 6.07) is 14.6. The van der Waals surface area contributed by atoms with Crippen LogP contribution in [0.4, 0.5) is 0 Å². The van der Waals surface area contributed by atoms with Crippen LogP contribution in [0.5, 0.6) is 5.75 Å². The van der Waals surface area contributed by atoms with Gasteiger partial charge in [0.25, 0.3) is 0 Å². The van der Waals surface area contributed by atoms with Gasteiger partial charge in [0, 0.05) is 16.5 Å². The molecule has 1 heterocycles. The van der Waals surface area contributed by atoms with Crippen molar-refractivity contribution in [1.82, 2.24) is 4.98 Å². The first kappa shape index (κ1) is 18.8. The van der Waals surface area contributed by atoms with Crippen molar-refractivity contribution in [3.8, 4) is 16.3 Å². The zero-order valence-electron chi connectivity index (χ0n) is 15.3. The molecular weight excluding hydrogens is 362 g/mol. The molecule has 27 heavy (non-hydrogen) atoms. The van der Waals surface area contributed by atoms with Crippen molar-refractivity contribution in [2.45, 2.75) is 20.0 Å². The van der Waals surface area contributed by atoms with Gasteiger partial charge in [-0.15, -0.1) is 11.3 Å². The van der Waals surface area contributed by atoms with E-state index in [-0.39, 0.29) is 11.5 Å². The Morgan fingerprint density at radius 3 is 2.33 bits per heavy atom. The van der Waals surface area contributed by atoms with E-state index in [1.54, 1.807) is 31.5 Å². The predicted molar refractivity (Wildman–Crippen MR) is 104 cm³/mol. The number of ketones is 1. The fourth-order valence-corrected chi connectivity index (χ4v) is 3.26. The van der Waals surface area contributed by atoms with Crippen LogP contribution in [0.1, 0.15) is 33.3 Å². The number of esters is 1. The number of carbonyl (C=O) groups excluding carboxylic acids is 2. The summed E-state index contributed by atoms with van der Waals surface area (Å²) in [4.78, 5) is 29.1. The van der Waals surface area contributed by atoms with E-state index in [9.17, 15) is 9.59 Å². The molecule has 0 saturated heterocycles. The van der Waals surface area contributed by atoms with E-state index in [1.807, 2.05) is 43.3 Å². The molecule has 0 radical (unpaired) electrons. The lowest BCUT2D eigenvalue weighted by molar-refractivity contribution is 0.0314. The molecule has 3 rings (SSSR count). The van der Waals surface area contributed by atoms with E-state index in [1.165, 1.54) is 11.3 Å². The number of nitrogens with zero attached hydrogens (tertiary/aromatic N) is 1. The average molecular weight is 381 g/mol. The van der Waals surface area contributed by atoms with Gasteiger partial charge >= 0.3 is 5.97 Å². The first-order valence-corrected chi connectivity index (χ1v) is 9.27. The van der Waals surface area contributed by atoms with Gasteiger partial charge in [-0.3, -0.25) is 4.79 Å². The maximum Gasteiger partial charge on any atom is 0.358 e. The highest BCUT2D eigenvalue weighted by molar-refractivity contribution is 7.13. The Balaban J connectivity index is 1.68. The summed E-state index contributed by atoms with van der Waals surface area (Å²) in [7, 11) is 1.60. The maximum atomic E-state index is 12.4. The third kappa shape index (κ3) is 4.41. The van der Waals surface area contributed by atoms with Crippen LogP contribution in [0.15, 0.2) is 53.9 Å². The van der Waals surface area contributed by atoms with Gasteiger partial charge in [0.2, 0.25) is 5.78 Å². The quantitative estimate of drug-likeness (QED) is 0.463. The molecular formula is C21H19NO4S. The molecule has 0 bridgehead atoms. The van der Waals surface area contributed by atoms with Gasteiger partial charge in [0.05, 0.1) is 7.11 Å². The van der Waals surface area contributed by atoms with Gasteiger partial charge in [-0.1, -0.05) is 29.8 Å². The van der Waals surface area contributed by atoms with E-state index in [4.69, 9.17) is 9.47 Å². The summed E-state index contributed by atoms with van der Waals surface area (Å²) in [6.45, 7) is 3.51. The number of aryl methyl sites for hydroxylation is 1. The Labute approximate surface area is 161 Å². The first-order chi connectivity index (χ1) is 13.0. The first-order valence-electron chi connectivity index (χ1n) is 8.39. The minimum Gasteiger partial charge on any atom is -0.497 e. The fraction of sp³-hybridized carbons (Fsp3) is 0.190. The molecule has 138 valence electrons. The molecule has 0 aliphatic heterocycles. The normalized spacial score (nSPS) is 11.7. The van der Waals surface area contributed by atoms with Crippen LogP contribution < -0.4 is 4.74 Å². The van der Waals surface area contributed by atoms with E-state index >= 15 is 0 Å². The molecule has 0 aliphatic rings. The number of ether oxygens (including phenoxy) is 2. The van der Waals surface area contributed by atoms with Crippen molar-refractivity contribution in [3.63, 3.8) is 0 Å². The number of rotatable bonds is 6.